The SMILES string of the molecule is CCN(C)[C@@H](C[N+]1([O-])CCC[C@H]1c1ncc(-c2cccc(-c3ccc4c(c3)-c3nc(C5CCCN5C(=O)[C@@H](c5ccccc5)N(CC)CC)[nH]c3CCC4)c2)[nH]1)c1ccccc1. The number of imidazole rings is 2. The van der Waals surface area contributed by atoms with Crippen molar-refractivity contribution in [3.05, 3.63) is 149 Å². The van der Waals surface area contributed by atoms with Crippen LogP contribution in [0.4, 0.5) is 0 Å². The van der Waals surface area contributed by atoms with E-state index in [2.05, 4.69) is 131 Å². The Morgan fingerprint density at radius 2 is 1.55 bits per heavy atom. The minimum atomic E-state index is -0.320. The fourth-order valence-electron chi connectivity index (χ4n) is 10.6. The van der Waals surface area contributed by atoms with Crippen LogP contribution in [0.2, 0.25) is 0 Å². The van der Waals surface area contributed by atoms with Gasteiger partial charge in [0.15, 0.2) is 5.82 Å². The molecule has 3 aliphatic rings. The average Bonchev–Trinajstić information content (AvgIpc) is 4.14. The number of hydrogen-bond acceptors (Lipinski definition) is 6. The standard InChI is InChI=1S/C52H62N8O2/c1-5-57(4)46(37-18-10-8-11-19-37)35-60(62)31-17-27-47(60)51-53-34-44(55-51)41-24-14-23-39(32-41)40-29-28-36-22-15-25-43-48(42(36)33-40)56-50(54-43)45-26-16-30-59(45)52(61)49(58(6-2)7-3)38-20-12-9-13-21-38/h8-14,18-21,23-24,28-29,32-34,45-47,49H,5-7,15-17,22,25-27,30-31,35H2,1-4H3,(H,53,55)(H,54,56)/t45?,46-,47-,49+,60?/m0/s1. The van der Waals surface area contributed by atoms with Crippen LogP contribution in [0.5, 0.6) is 0 Å². The molecule has 0 saturated carbocycles. The number of carbonyl (C=O) groups is 1. The van der Waals surface area contributed by atoms with Gasteiger partial charge in [-0.05, 0) is 98.7 Å². The minimum Gasteiger partial charge on any atom is -0.632 e. The summed E-state index contributed by atoms with van der Waals surface area (Å²) in [5.41, 5.74) is 11.1. The van der Waals surface area contributed by atoms with E-state index in [1.54, 1.807) is 0 Å². The van der Waals surface area contributed by atoms with Crippen molar-refractivity contribution in [2.75, 3.05) is 46.3 Å². The zero-order valence-corrected chi connectivity index (χ0v) is 36.9. The summed E-state index contributed by atoms with van der Waals surface area (Å²) in [5.74, 6) is 1.84. The number of benzene rings is 4. The first kappa shape index (κ1) is 41.9. The first-order valence-corrected chi connectivity index (χ1v) is 23.1. The first-order chi connectivity index (χ1) is 30.3. The summed E-state index contributed by atoms with van der Waals surface area (Å²) in [5, 5.41) is 14.7. The van der Waals surface area contributed by atoms with Crippen LogP contribution in [0.1, 0.15) is 111 Å². The van der Waals surface area contributed by atoms with E-state index in [9.17, 15) is 10.0 Å². The fraction of sp³-hybridized carbons (Fsp3) is 0.404. The summed E-state index contributed by atoms with van der Waals surface area (Å²) < 4.78 is -0.275. The number of likely N-dealkylation sites (N-methyl/N-ethyl adjacent to an activating group) is 2. The van der Waals surface area contributed by atoms with Crippen molar-refractivity contribution in [3.63, 3.8) is 0 Å². The molecule has 0 spiro atoms. The number of nitrogens with one attached hydrogen (secondary N) is 2. The van der Waals surface area contributed by atoms with E-state index >= 15 is 0 Å². The number of hydrogen-bond donors (Lipinski definition) is 2. The molecule has 2 aromatic heterocycles. The number of carbonyl (C=O) groups excluding carboxylic acids is 1. The Bertz CT molecular complexity index is 2460. The predicted octanol–water partition coefficient (Wildman–Crippen LogP) is 10.2. The maximum absolute atomic E-state index is 14.7. The molecule has 2 unspecified atom stereocenters. The molecule has 9 rings (SSSR count). The van der Waals surface area contributed by atoms with E-state index in [0.29, 0.717) is 13.1 Å². The topological polar surface area (TPSA) is 107 Å². The summed E-state index contributed by atoms with van der Waals surface area (Å²) in [6, 6.07) is 35.5. The molecule has 0 radical (unpaired) electrons. The molecule has 322 valence electrons. The summed E-state index contributed by atoms with van der Waals surface area (Å²) >= 11 is 0. The highest BCUT2D eigenvalue weighted by Crippen LogP contribution is 2.42. The lowest BCUT2D eigenvalue weighted by Gasteiger charge is -2.47. The van der Waals surface area contributed by atoms with Crippen molar-refractivity contribution in [2.45, 2.75) is 89.9 Å². The van der Waals surface area contributed by atoms with Gasteiger partial charge in [-0.25, -0.2) is 9.97 Å². The summed E-state index contributed by atoms with van der Waals surface area (Å²) in [6.07, 6.45) is 8.41. The van der Waals surface area contributed by atoms with Crippen molar-refractivity contribution in [1.29, 1.82) is 0 Å². The summed E-state index contributed by atoms with van der Waals surface area (Å²) in [4.78, 5) is 38.8. The lowest BCUT2D eigenvalue weighted by atomic mass is 9.95. The molecule has 2 N–H and O–H groups in total. The normalized spacial score (nSPS) is 20.9. The van der Waals surface area contributed by atoms with Crippen molar-refractivity contribution in [1.82, 2.24) is 34.6 Å². The second kappa shape index (κ2) is 18.1. The molecule has 1 amide bonds. The number of rotatable bonds is 14. The van der Waals surface area contributed by atoms with E-state index in [-0.39, 0.29) is 34.7 Å². The van der Waals surface area contributed by atoms with Gasteiger partial charge < -0.3 is 24.7 Å². The Morgan fingerprint density at radius 3 is 2.31 bits per heavy atom. The van der Waals surface area contributed by atoms with Crippen molar-refractivity contribution in [3.8, 4) is 33.6 Å². The Balaban J connectivity index is 0.970. The molecule has 10 nitrogen and oxygen atoms in total. The van der Waals surface area contributed by atoms with Crippen LogP contribution in [0.25, 0.3) is 33.6 Å². The van der Waals surface area contributed by atoms with Gasteiger partial charge in [0.1, 0.15) is 17.9 Å². The largest absolute Gasteiger partial charge is 0.632 e. The highest BCUT2D eigenvalue weighted by Gasteiger charge is 2.41. The van der Waals surface area contributed by atoms with Crippen LogP contribution < -0.4 is 0 Å². The number of likely N-dealkylation sites (tertiary alicyclic amines) is 2. The molecule has 10 heteroatoms. The maximum atomic E-state index is 14.7. The molecule has 2 saturated heterocycles. The Morgan fingerprint density at radius 1 is 0.806 bits per heavy atom. The fourth-order valence-corrected chi connectivity index (χ4v) is 10.6. The molecule has 62 heavy (non-hydrogen) atoms. The van der Waals surface area contributed by atoms with Crippen LogP contribution in [-0.2, 0) is 17.6 Å². The Labute approximate surface area is 367 Å². The number of aromatic nitrogens is 4. The third kappa shape index (κ3) is 8.17. The molecule has 2 aliphatic heterocycles. The van der Waals surface area contributed by atoms with E-state index < -0.39 is 0 Å². The highest BCUT2D eigenvalue weighted by atomic mass is 16.5. The minimum absolute atomic E-state index is 0.0346. The maximum Gasteiger partial charge on any atom is 0.245 e. The molecule has 6 aromatic rings. The number of H-pyrrole nitrogens is 2. The van der Waals surface area contributed by atoms with E-state index in [4.69, 9.17) is 9.97 Å². The van der Waals surface area contributed by atoms with E-state index in [0.717, 1.165) is 122 Å². The number of hydroxylamine groups is 3. The number of quaternary nitrogens is 1. The number of amides is 1. The van der Waals surface area contributed by atoms with Crippen molar-refractivity contribution in [2.24, 2.45) is 0 Å². The van der Waals surface area contributed by atoms with Gasteiger partial charge in [-0.3, -0.25) is 14.6 Å². The molecule has 4 aromatic carbocycles. The molecule has 0 bridgehead atoms. The van der Waals surface area contributed by atoms with Gasteiger partial charge in [-0.15, -0.1) is 0 Å². The molecule has 5 atom stereocenters. The second-order valence-electron chi connectivity index (χ2n) is 17.7. The van der Waals surface area contributed by atoms with Gasteiger partial charge in [0.25, 0.3) is 0 Å². The number of aryl methyl sites for hydroxylation is 2. The van der Waals surface area contributed by atoms with E-state index in [1.165, 1.54) is 16.7 Å². The molecule has 2 fully saturated rings. The predicted molar refractivity (Wildman–Crippen MR) is 248 cm³/mol. The van der Waals surface area contributed by atoms with Gasteiger partial charge in [-0.2, -0.15) is 0 Å². The summed E-state index contributed by atoms with van der Waals surface area (Å²) in [7, 11) is 2.12. The zero-order chi connectivity index (χ0) is 42.8. The number of nitrogens with zero attached hydrogens (tertiary/aromatic N) is 6. The van der Waals surface area contributed by atoms with Gasteiger partial charge >= 0.3 is 0 Å². The monoisotopic (exact) mass is 830 g/mol. The van der Waals surface area contributed by atoms with Crippen LogP contribution in [-0.4, -0.2) is 91.5 Å². The van der Waals surface area contributed by atoms with Crippen LogP contribution in [0.3, 0.4) is 0 Å². The molecule has 1 aliphatic carbocycles. The molecular formula is C52H62N8O2. The average molecular weight is 831 g/mol. The molecule has 4 heterocycles. The zero-order valence-electron chi connectivity index (χ0n) is 36.9. The Hall–Kier alpha value is -5.39. The van der Waals surface area contributed by atoms with Crippen LogP contribution >= 0.6 is 0 Å². The van der Waals surface area contributed by atoms with Gasteiger partial charge in [0.2, 0.25) is 5.91 Å². The van der Waals surface area contributed by atoms with Crippen LogP contribution in [0.15, 0.2) is 109 Å². The smallest absolute Gasteiger partial charge is 0.245 e. The number of fused-ring (bicyclic) bond motifs is 3. The summed E-state index contributed by atoms with van der Waals surface area (Å²) in [6.45, 7) is 10.7. The third-order valence-corrected chi connectivity index (χ3v) is 14.1. The second-order valence-corrected chi connectivity index (χ2v) is 17.7. The van der Waals surface area contributed by atoms with Crippen LogP contribution in [0, 0.1) is 5.21 Å². The Kier molecular flexibility index (Phi) is 12.3. The molecular weight excluding hydrogens is 769 g/mol. The van der Waals surface area contributed by atoms with Crippen molar-refractivity contribution < 1.29 is 9.44 Å². The van der Waals surface area contributed by atoms with Gasteiger partial charge in [0, 0.05) is 36.2 Å². The third-order valence-electron chi connectivity index (χ3n) is 14.1. The highest BCUT2D eigenvalue weighted by molar-refractivity contribution is 5.84. The first-order valence-electron chi connectivity index (χ1n) is 23.1. The lowest BCUT2D eigenvalue weighted by Crippen LogP contribution is -2.47. The van der Waals surface area contributed by atoms with Gasteiger partial charge in [-0.1, -0.05) is 112 Å². The van der Waals surface area contributed by atoms with E-state index in [1.807, 2.05) is 30.5 Å². The number of aromatic amines is 2. The quantitative estimate of drug-likeness (QED) is 0.0836. The van der Waals surface area contributed by atoms with Crippen molar-refractivity contribution >= 4 is 5.91 Å². The lowest BCUT2D eigenvalue weighted by molar-refractivity contribution is -0.901. The van der Waals surface area contributed by atoms with Gasteiger partial charge in [0.05, 0.1) is 42.8 Å².